The average molecular weight is 257 g/mol. The third-order valence-corrected chi connectivity index (χ3v) is 5.90. The van der Waals surface area contributed by atoms with Crippen molar-refractivity contribution in [2.24, 2.45) is 11.3 Å². The molecule has 1 unspecified atom stereocenters. The fourth-order valence-corrected chi connectivity index (χ4v) is 4.46. The lowest BCUT2D eigenvalue weighted by Gasteiger charge is -2.39. The summed E-state index contributed by atoms with van der Waals surface area (Å²) in [7, 11) is 2.15. The number of hydrogen-bond acceptors (Lipinski definition) is 1. The first kappa shape index (κ1) is 13.2. The Labute approximate surface area is 117 Å². The van der Waals surface area contributed by atoms with Gasteiger partial charge in [-0.15, -0.1) is 0 Å². The lowest BCUT2D eigenvalue weighted by Crippen LogP contribution is -2.39. The van der Waals surface area contributed by atoms with Crippen molar-refractivity contribution in [1.29, 1.82) is 0 Å². The molecule has 0 bridgehead atoms. The van der Waals surface area contributed by atoms with Crippen molar-refractivity contribution >= 4 is 0 Å². The Morgan fingerprint density at radius 1 is 1.00 bits per heavy atom. The van der Waals surface area contributed by atoms with Gasteiger partial charge in [0.05, 0.1) is 0 Å². The molecule has 0 heterocycles. The van der Waals surface area contributed by atoms with Crippen molar-refractivity contribution in [3.05, 3.63) is 35.9 Å². The van der Waals surface area contributed by atoms with Gasteiger partial charge >= 0.3 is 0 Å². The second-order valence-electron chi connectivity index (χ2n) is 7.06. The SMILES string of the molecule is CNC1(c2ccccc2)CCC2(CCC(C)CC2)C1. The molecule has 2 saturated carbocycles. The Balaban J connectivity index is 1.83. The molecule has 0 saturated heterocycles. The summed E-state index contributed by atoms with van der Waals surface area (Å²) < 4.78 is 0. The Morgan fingerprint density at radius 3 is 2.32 bits per heavy atom. The molecule has 2 aliphatic rings. The molecule has 0 amide bonds. The maximum Gasteiger partial charge on any atom is 0.0437 e. The van der Waals surface area contributed by atoms with Crippen molar-refractivity contribution in [3.63, 3.8) is 0 Å². The Bertz CT molecular complexity index is 417. The zero-order valence-corrected chi connectivity index (χ0v) is 12.4. The molecule has 2 aliphatic carbocycles. The van der Waals surface area contributed by atoms with Crippen LogP contribution < -0.4 is 5.32 Å². The van der Waals surface area contributed by atoms with E-state index in [1.807, 2.05) is 0 Å². The van der Waals surface area contributed by atoms with Gasteiger partial charge < -0.3 is 5.32 Å². The highest BCUT2D eigenvalue weighted by atomic mass is 15.0. The lowest BCUT2D eigenvalue weighted by molar-refractivity contribution is 0.147. The fraction of sp³-hybridized carbons (Fsp3) is 0.667. The number of nitrogens with one attached hydrogen (secondary N) is 1. The van der Waals surface area contributed by atoms with Crippen molar-refractivity contribution in [2.45, 2.75) is 57.4 Å². The molecular weight excluding hydrogens is 230 g/mol. The Kier molecular flexibility index (Phi) is 3.42. The van der Waals surface area contributed by atoms with Gasteiger partial charge in [-0.2, -0.15) is 0 Å². The molecule has 1 spiro atoms. The van der Waals surface area contributed by atoms with Gasteiger partial charge in [-0.1, -0.05) is 50.1 Å². The molecule has 0 aliphatic heterocycles. The minimum absolute atomic E-state index is 0.238. The van der Waals surface area contributed by atoms with E-state index in [0.29, 0.717) is 5.41 Å². The summed E-state index contributed by atoms with van der Waals surface area (Å²) in [6, 6.07) is 11.1. The molecule has 0 radical (unpaired) electrons. The minimum Gasteiger partial charge on any atom is -0.310 e. The number of hydrogen-bond donors (Lipinski definition) is 1. The topological polar surface area (TPSA) is 12.0 Å². The summed E-state index contributed by atoms with van der Waals surface area (Å²) in [6.45, 7) is 2.42. The first-order chi connectivity index (χ1) is 9.18. The Hall–Kier alpha value is -0.820. The second kappa shape index (κ2) is 4.94. The molecule has 1 aromatic rings. The van der Waals surface area contributed by atoms with Crippen LogP contribution >= 0.6 is 0 Å². The van der Waals surface area contributed by atoms with E-state index in [0.717, 1.165) is 5.92 Å². The van der Waals surface area contributed by atoms with Gasteiger partial charge in [0.15, 0.2) is 0 Å². The quantitative estimate of drug-likeness (QED) is 0.823. The third kappa shape index (κ3) is 2.33. The predicted molar refractivity (Wildman–Crippen MR) is 81.1 cm³/mol. The van der Waals surface area contributed by atoms with Crippen LogP contribution in [-0.2, 0) is 5.54 Å². The van der Waals surface area contributed by atoms with E-state index in [9.17, 15) is 0 Å². The van der Waals surface area contributed by atoms with Crippen LogP contribution in [0.15, 0.2) is 30.3 Å². The number of rotatable bonds is 2. The summed E-state index contributed by atoms with van der Waals surface area (Å²) in [5.41, 5.74) is 2.36. The fourth-order valence-electron chi connectivity index (χ4n) is 4.46. The van der Waals surface area contributed by atoms with Crippen LogP contribution in [-0.4, -0.2) is 7.05 Å². The van der Waals surface area contributed by atoms with Crippen LogP contribution in [0.1, 0.15) is 57.4 Å². The minimum atomic E-state index is 0.238. The maximum absolute atomic E-state index is 3.68. The standard InChI is InChI=1S/C18H27N/c1-15-8-10-17(11-9-15)12-13-18(14-17,19-2)16-6-4-3-5-7-16/h3-7,15,19H,8-14H2,1-2H3. The first-order valence-electron chi connectivity index (χ1n) is 7.93. The molecular formula is C18H27N. The average Bonchev–Trinajstić information content (AvgIpc) is 2.84. The normalized spacial score (nSPS) is 38.7. The summed E-state index contributed by atoms with van der Waals surface area (Å²) >= 11 is 0. The van der Waals surface area contributed by atoms with E-state index in [4.69, 9.17) is 0 Å². The first-order valence-corrected chi connectivity index (χ1v) is 7.93. The van der Waals surface area contributed by atoms with Gasteiger partial charge in [0.25, 0.3) is 0 Å². The van der Waals surface area contributed by atoms with Gasteiger partial charge in [-0.3, -0.25) is 0 Å². The van der Waals surface area contributed by atoms with Crippen LogP contribution in [0.2, 0.25) is 0 Å². The summed E-state index contributed by atoms with van der Waals surface area (Å²) in [6.07, 6.45) is 9.84. The highest BCUT2D eigenvalue weighted by Crippen LogP contribution is 2.56. The van der Waals surface area contributed by atoms with E-state index in [1.165, 1.54) is 50.5 Å². The Morgan fingerprint density at radius 2 is 1.68 bits per heavy atom. The molecule has 1 aromatic carbocycles. The van der Waals surface area contributed by atoms with Crippen molar-refractivity contribution < 1.29 is 0 Å². The monoisotopic (exact) mass is 257 g/mol. The molecule has 0 aromatic heterocycles. The molecule has 19 heavy (non-hydrogen) atoms. The van der Waals surface area contributed by atoms with E-state index < -0.39 is 0 Å². The van der Waals surface area contributed by atoms with Crippen LogP contribution in [0.5, 0.6) is 0 Å². The zero-order chi connectivity index (χ0) is 13.3. The molecule has 104 valence electrons. The summed E-state index contributed by atoms with van der Waals surface area (Å²) in [5.74, 6) is 0.951. The van der Waals surface area contributed by atoms with Crippen LogP contribution in [0.4, 0.5) is 0 Å². The molecule has 3 rings (SSSR count). The summed E-state index contributed by atoms with van der Waals surface area (Å²) in [4.78, 5) is 0. The van der Waals surface area contributed by atoms with Crippen LogP contribution in [0.25, 0.3) is 0 Å². The van der Waals surface area contributed by atoms with Gasteiger partial charge in [0, 0.05) is 5.54 Å². The molecule has 2 fully saturated rings. The molecule has 1 nitrogen and oxygen atoms in total. The largest absolute Gasteiger partial charge is 0.310 e. The second-order valence-corrected chi connectivity index (χ2v) is 7.06. The zero-order valence-electron chi connectivity index (χ0n) is 12.4. The smallest absolute Gasteiger partial charge is 0.0437 e. The third-order valence-electron chi connectivity index (χ3n) is 5.90. The van der Waals surface area contributed by atoms with Gasteiger partial charge in [-0.25, -0.2) is 0 Å². The number of benzene rings is 1. The lowest BCUT2D eigenvalue weighted by atomic mass is 9.68. The van der Waals surface area contributed by atoms with E-state index in [2.05, 4.69) is 49.6 Å². The summed E-state index contributed by atoms with van der Waals surface area (Å²) in [5, 5.41) is 3.68. The molecule has 1 atom stereocenters. The molecule has 1 N–H and O–H groups in total. The van der Waals surface area contributed by atoms with E-state index >= 15 is 0 Å². The van der Waals surface area contributed by atoms with E-state index in [-0.39, 0.29) is 5.54 Å². The van der Waals surface area contributed by atoms with Crippen LogP contribution in [0.3, 0.4) is 0 Å². The van der Waals surface area contributed by atoms with Crippen LogP contribution in [0, 0.1) is 11.3 Å². The maximum atomic E-state index is 3.68. The highest BCUT2D eigenvalue weighted by Gasteiger charge is 2.48. The van der Waals surface area contributed by atoms with Gasteiger partial charge in [0.1, 0.15) is 0 Å². The van der Waals surface area contributed by atoms with Crippen molar-refractivity contribution in [1.82, 2.24) is 5.32 Å². The van der Waals surface area contributed by atoms with Gasteiger partial charge in [0.2, 0.25) is 0 Å². The highest BCUT2D eigenvalue weighted by molar-refractivity contribution is 5.27. The van der Waals surface area contributed by atoms with Crippen molar-refractivity contribution in [2.75, 3.05) is 7.05 Å². The molecule has 1 heteroatoms. The van der Waals surface area contributed by atoms with Crippen molar-refractivity contribution in [3.8, 4) is 0 Å². The van der Waals surface area contributed by atoms with E-state index in [1.54, 1.807) is 0 Å². The predicted octanol–water partition coefficient (Wildman–Crippen LogP) is 4.48. The van der Waals surface area contributed by atoms with Gasteiger partial charge in [-0.05, 0) is 56.0 Å².